The molecule has 96 valence electrons. The fraction of sp³-hybridized carbons (Fsp3) is 0.538. The quantitative estimate of drug-likeness (QED) is 0.823. The molecule has 1 aromatic rings. The first-order valence-corrected chi connectivity index (χ1v) is 6.19. The van der Waals surface area contributed by atoms with Gasteiger partial charge in [0.05, 0.1) is 5.60 Å². The predicted octanol–water partition coefficient (Wildman–Crippen LogP) is 3.12. The summed E-state index contributed by atoms with van der Waals surface area (Å²) in [5.74, 6) is -0.300. The van der Waals surface area contributed by atoms with Crippen molar-refractivity contribution in [3.8, 4) is 0 Å². The zero-order chi connectivity index (χ0) is 12.9. The van der Waals surface area contributed by atoms with Crippen LogP contribution in [0.2, 0.25) is 5.02 Å². The van der Waals surface area contributed by atoms with Crippen LogP contribution in [0.5, 0.6) is 0 Å². The predicted molar refractivity (Wildman–Crippen MR) is 68.6 cm³/mol. The van der Waals surface area contributed by atoms with Gasteiger partial charge in [0.1, 0.15) is 5.82 Å². The average Bonchev–Trinajstić information content (AvgIpc) is 2.23. The molecule has 1 aromatic carbocycles. The van der Waals surface area contributed by atoms with Crippen molar-refractivity contribution in [2.24, 2.45) is 0 Å². The number of benzene rings is 1. The number of nitrogens with one attached hydrogen (secondary N) is 1. The Morgan fingerprint density at radius 3 is 2.82 bits per heavy atom. The molecule has 0 saturated heterocycles. The zero-order valence-corrected chi connectivity index (χ0v) is 11.0. The monoisotopic (exact) mass is 259 g/mol. The van der Waals surface area contributed by atoms with Crippen LogP contribution in [0.1, 0.15) is 32.3 Å². The molecule has 0 spiro atoms. The molecule has 0 fully saturated rings. The molecule has 0 aliphatic carbocycles. The Hall–Kier alpha value is -0.640. The van der Waals surface area contributed by atoms with Gasteiger partial charge in [0.15, 0.2) is 0 Å². The topological polar surface area (TPSA) is 32.3 Å². The molecule has 0 bridgehead atoms. The summed E-state index contributed by atoms with van der Waals surface area (Å²) in [5.41, 5.74) is -0.0203. The van der Waals surface area contributed by atoms with Gasteiger partial charge in [-0.2, -0.15) is 0 Å². The van der Waals surface area contributed by atoms with Crippen LogP contribution in [0.15, 0.2) is 18.2 Å². The summed E-state index contributed by atoms with van der Waals surface area (Å²) in [5, 5.41) is 13.6. The lowest BCUT2D eigenvalue weighted by atomic mass is 10.0. The van der Waals surface area contributed by atoms with Crippen LogP contribution in [0.3, 0.4) is 0 Å². The summed E-state index contributed by atoms with van der Waals surface area (Å²) in [6.45, 7) is 4.73. The highest BCUT2D eigenvalue weighted by atomic mass is 35.5. The van der Waals surface area contributed by atoms with Crippen molar-refractivity contribution in [3.63, 3.8) is 0 Å². The van der Waals surface area contributed by atoms with Gasteiger partial charge in [0, 0.05) is 18.1 Å². The molecule has 4 heteroatoms. The summed E-state index contributed by atoms with van der Waals surface area (Å²) < 4.78 is 13.0. The van der Waals surface area contributed by atoms with Crippen LogP contribution in [0.4, 0.5) is 4.39 Å². The maximum Gasteiger partial charge on any atom is 0.123 e. The van der Waals surface area contributed by atoms with Crippen LogP contribution < -0.4 is 5.32 Å². The second kappa shape index (κ2) is 6.34. The summed E-state index contributed by atoms with van der Waals surface area (Å²) in [6, 6.07) is 4.28. The minimum atomic E-state index is -0.728. The Balaban J connectivity index is 2.48. The molecule has 0 radical (unpaired) electrons. The van der Waals surface area contributed by atoms with Crippen molar-refractivity contribution in [1.29, 1.82) is 0 Å². The van der Waals surface area contributed by atoms with Crippen LogP contribution >= 0.6 is 11.6 Å². The average molecular weight is 260 g/mol. The van der Waals surface area contributed by atoms with E-state index in [1.54, 1.807) is 6.92 Å². The van der Waals surface area contributed by atoms with E-state index in [9.17, 15) is 9.50 Å². The second-order valence-electron chi connectivity index (χ2n) is 4.59. The maximum absolute atomic E-state index is 13.0. The van der Waals surface area contributed by atoms with E-state index in [4.69, 9.17) is 11.6 Å². The summed E-state index contributed by atoms with van der Waals surface area (Å²) in [7, 11) is 0. The van der Waals surface area contributed by atoms with Crippen LogP contribution in [-0.4, -0.2) is 17.3 Å². The highest BCUT2D eigenvalue weighted by Gasteiger charge is 2.18. The molecule has 2 N–H and O–H groups in total. The highest BCUT2D eigenvalue weighted by molar-refractivity contribution is 6.31. The van der Waals surface area contributed by atoms with Crippen molar-refractivity contribution in [1.82, 2.24) is 5.32 Å². The van der Waals surface area contributed by atoms with E-state index in [2.05, 4.69) is 5.32 Å². The normalized spacial score (nSPS) is 14.6. The van der Waals surface area contributed by atoms with E-state index in [0.717, 1.165) is 12.8 Å². The number of hydrogen-bond donors (Lipinski definition) is 2. The van der Waals surface area contributed by atoms with Gasteiger partial charge in [-0.25, -0.2) is 4.39 Å². The molecular weight excluding hydrogens is 241 g/mol. The van der Waals surface area contributed by atoms with E-state index in [0.29, 0.717) is 23.7 Å². The van der Waals surface area contributed by atoms with E-state index in [1.165, 1.54) is 18.2 Å². The van der Waals surface area contributed by atoms with Crippen LogP contribution in [0.25, 0.3) is 0 Å². The second-order valence-corrected chi connectivity index (χ2v) is 4.99. The molecule has 0 aliphatic heterocycles. The SMILES string of the molecule is CCCC(C)(O)CNCc1cc(F)ccc1Cl. The minimum Gasteiger partial charge on any atom is -0.389 e. The number of rotatable bonds is 6. The van der Waals surface area contributed by atoms with E-state index in [1.807, 2.05) is 6.92 Å². The molecule has 1 rings (SSSR count). The smallest absolute Gasteiger partial charge is 0.123 e. The Kier molecular flexibility index (Phi) is 5.37. The van der Waals surface area contributed by atoms with Gasteiger partial charge < -0.3 is 10.4 Å². The Labute approximate surface area is 107 Å². The lowest BCUT2D eigenvalue weighted by molar-refractivity contribution is 0.0498. The molecule has 17 heavy (non-hydrogen) atoms. The van der Waals surface area contributed by atoms with Gasteiger partial charge in [-0.05, 0) is 37.1 Å². The zero-order valence-electron chi connectivity index (χ0n) is 10.3. The summed E-state index contributed by atoms with van der Waals surface area (Å²) in [4.78, 5) is 0. The molecule has 0 aliphatic rings. The maximum atomic E-state index is 13.0. The Bertz CT molecular complexity index is 368. The van der Waals surface area contributed by atoms with Gasteiger partial charge in [-0.3, -0.25) is 0 Å². The van der Waals surface area contributed by atoms with Crippen molar-refractivity contribution in [2.75, 3.05) is 6.54 Å². The van der Waals surface area contributed by atoms with Crippen LogP contribution in [0, 0.1) is 5.82 Å². The van der Waals surface area contributed by atoms with Crippen molar-refractivity contribution >= 4 is 11.6 Å². The van der Waals surface area contributed by atoms with Crippen molar-refractivity contribution in [2.45, 2.75) is 38.8 Å². The molecule has 2 nitrogen and oxygen atoms in total. The van der Waals surface area contributed by atoms with Gasteiger partial charge in [0.2, 0.25) is 0 Å². The summed E-state index contributed by atoms with van der Waals surface area (Å²) in [6.07, 6.45) is 1.66. The third-order valence-corrected chi connectivity index (χ3v) is 2.99. The molecule has 0 saturated carbocycles. The first-order valence-electron chi connectivity index (χ1n) is 5.81. The highest BCUT2D eigenvalue weighted by Crippen LogP contribution is 2.17. The third kappa shape index (κ3) is 5.02. The van der Waals surface area contributed by atoms with Crippen LogP contribution in [-0.2, 0) is 6.54 Å². The van der Waals surface area contributed by atoms with E-state index in [-0.39, 0.29) is 5.82 Å². The molecule has 1 atom stereocenters. The Morgan fingerprint density at radius 2 is 2.18 bits per heavy atom. The lowest BCUT2D eigenvalue weighted by Crippen LogP contribution is -2.37. The van der Waals surface area contributed by atoms with Gasteiger partial charge in [-0.1, -0.05) is 24.9 Å². The minimum absolute atomic E-state index is 0.300. The molecular formula is C13H19ClFNO. The molecule has 1 unspecified atom stereocenters. The molecule has 0 aromatic heterocycles. The standard InChI is InChI=1S/C13H19ClFNO/c1-3-6-13(2,17)9-16-8-10-7-11(15)4-5-12(10)14/h4-5,7,16-17H,3,6,8-9H2,1-2H3. The number of halogens is 2. The van der Waals surface area contributed by atoms with Crippen molar-refractivity contribution in [3.05, 3.63) is 34.6 Å². The number of hydrogen-bond acceptors (Lipinski definition) is 2. The summed E-state index contributed by atoms with van der Waals surface area (Å²) >= 11 is 5.94. The number of aliphatic hydroxyl groups is 1. The fourth-order valence-corrected chi connectivity index (χ4v) is 1.96. The van der Waals surface area contributed by atoms with E-state index < -0.39 is 5.60 Å². The third-order valence-electron chi connectivity index (χ3n) is 2.62. The van der Waals surface area contributed by atoms with Gasteiger partial charge in [0.25, 0.3) is 0 Å². The van der Waals surface area contributed by atoms with Gasteiger partial charge >= 0.3 is 0 Å². The lowest BCUT2D eigenvalue weighted by Gasteiger charge is -2.23. The van der Waals surface area contributed by atoms with Gasteiger partial charge in [-0.15, -0.1) is 0 Å². The first-order chi connectivity index (χ1) is 7.94. The molecule has 0 amide bonds. The largest absolute Gasteiger partial charge is 0.389 e. The fourth-order valence-electron chi connectivity index (χ4n) is 1.77. The first kappa shape index (κ1) is 14.4. The molecule has 0 heterocycles. The Morgan fingerprint density at radius 1 is 1.47 bits per heavy atom. The van der Waals surface area contributed by atoms with Crippen molar-refractivity contribution < 1.29 is 9.50 Å². The van der Waals surface area contributed by atoms with E-state index >= 15 is 0 Å².